The van der Waals surface area contributed by atoms with E-state index in [-0.39, 0.29) is 10.6 Å². The molecule has 0 spiro atoms. The molecule has 1 saturated heterocycles. The van der Waals surface area contributed by atoms with E-state index in [2.05, 4.69) is 4.90 Å². The molecule has 1 aliphatic rings. The Morgan fingerprint density at radius 3 is 2.61 bits per heavy atom. The molecular weight excluding hydrogens is 228 g/mol. The van der Waals surface area contributed by atoms with Crippen LogP contribution >= 0.6 is 0 Å². The second-order valence-corrected chi connectivity index (χ2v) is 4.89. The molecule has 0 amide bonds. The minimum Gasteiger partial charge on any atom is -0.303 e. The number of aryl methyl sites for hydroxylation is 1. The largest absolute Gasteiger partial charge is 0.303 e. The molecule has 1 heterocycles. The maximum atomic E-state index is 10.9. The number of nitro benzene ring substituents is 1. The first-order valence-electron chi connectivity index (χ1n) is 6.72. The third-order valence-corrected chi connectivity index (χ3v) is 3.56. The predicted octanol–water partition coefficient (Wildman–Crippen LogP) is 3.01. The topological polar surface area (TPSA) is 46.4 Å². The van der Waals surface area contributed by atoms with Crippen molar-refractivity contribution in [3.8, 4) is 0 Å². The maximum absolute atomic E-state index is 10.9. The molecule has 1 aromatic rings. The van der Waals surface area contributed by atoms with Crippen LogP contribution in [0.5, 0.6) is 0 Å². The normalized spacial score (nSPS) is 16.7. The quantitative estimate of drug-likeness (QED) is 0.594. The lowest BCUT2D eigenvalue weighted by atomic mass is 10.1. The summed E-state index contributed by atoms with van der Waals surface area (Å²) in [5, 5.41) is 10.9. The Kier molecular flexibility index (Phi) is 4.70. The molecule has 1 aliphatic heterocycles. The van der Waals surface area contributed by atoms with E-state index >= 15 is 0 Å². The third kappa shape index (κ3) is 3.53. The van der Waals surface area contributed by atoms with Crippen molar-refractivity contribution in [3.05, 3.63) is 39.9 Å². The number of benzene rings is 1. The molecule has 0 atom stereocenters. The van der Waals surface area contributed by atoms with Gasteiger partial charge in [0, 0.05) is 11.6 Å². The Balaban J connectivity index is 1.84. The minimum atomic E-state index is -0.282. The first-order chi connectivity index (χ1) is 8.77. The molecular formula is C14H20N2O2. The summed E-state index contributed by atoms with van der Waals surface area (Å²) >= 11 is 0. The summed E-state index contributed by atoms with van der Waals surface area (Å²) in [7, 11) is 0. The zero-order valence-electron chi connectivity index (χ0n) is 10.7. The molecule has 0 radical (unpaired) electrons. The van der Waals surface area contributed by atoms with Gasteiger partial charge in [-0.1, -0.05) is 24.6 Å². The fourth-order valence-electron chi connectivity index (χ4n) is 2.58. The molecule has 0 aliphatic carbocycles. The van der Waals surface area contributed by atoms with Crippen LogP contribution in [0.25, 0.3) is 0 Å². The maximum Gasteiger partial charge on any atom is 0.272 e. The van der Waals surface area contributed by atoms with Crippen LogP contribution in [0, 0.1) is 10.1 Å². The molecule has 0 unspecified atom stereocenters. The van der Waals surface area contributed by atoms with Crippen LogP contribution in [0.2, 0.25) is 0 Å². The molecule has 98 valence electrons. The monoisotopic (exact) mass is 248 g/mol. The van der Waals surface area contributed by atoms with Crippen molar-refractivity contribution >= 4 is 5.69 Å². The van der Waals surface area contributed by atoms with E-state index in [1.54, 1.807) is 12.1 Å². The lowest BCUT2D eigenvalue weighted by Crippen LogP contribution is -2.30. The van der Waals surface area contributed by atoms with Crippen molar-refractivity contribution in [1.29, 1.82) is 0 Å². The van der Waals surface area contributed by atoms with E-state index < -0.39 is 0 Å². The number of para-hydroxylation sites is 1. The molecule has 2 rings (SSSR count). The standard InChI is InChI=1S/C14H20N2O2/c17-16(18)14-9-3-2-7-13(14)8-6-12-15-10-4-1-5-11-15/h2-3,7,9H,1,4-6,8,10-12H2. The van der Waals surface area contributed by atoms with Crippen LogP contribution in [-0.2, 0) is 6.42 Å². The van der Waals surface area contributed by atoms with Gasteiger partial charge < -0.3 is 4.90 Å². The molecule has 18 heavy (non-hydrogen) atoms. The first-order valence-corrected chi connectivity index (χ1v) is 6.72. The smallest absolute Gasteiger partial charge is 0.272 e. The van der Waals surface area contributed by atoms with Crippen LogP contribution in [0.3, 0.4) is 0 Å². The number of piperidine rings is 1. The molecule has 0 bridgehead atoms. The fraction of sp³-hybridized carbons (Fsp3) is 0.571. The second kappa shape index (κ2) is 6.50. The van der Waals surface area contributed by atoms with Gasteiger partial charge in [-0.2, -0.15) is 0 Å². The highest BCUT2D eigenvalue weighted by Crippen LogP contribution is 2.19. The number of hydrogen-bond acceptors (Lipinski definition) is 3. The molecule has 4 nitrogen and oxygen atoms in total. The zero-order chi connectivity index (χ0) is 12.8. The summed E-state index contributed by atoms with van der Waals surface area (Å²) in [6, 6.07) is 7.07. The van der Waals surface area contributed by atoms with Crippen LogP contribution in [-0.4, -0.2) is 29.5 Å². The molecule has 1 fully saturated rings. The summed E-state index contributed by atoms with van der Waals surface area (Å²) in [5.74, 6) is 0. The fourth-order valence-corrected chi connectivity index (χ4v) is 2.58. The SMILES string of the molecule is O=[N+]([O-])c1ccccc1CCCN1CCCCC1. The highest BCUT2D eigenvalue weighted by atomic mass is 16.6. The average Bonchev–Trinajstić information content (AvgIpc) is 2.40. The molecule has 0 aromatic heterocycles. The third-order valence-electron chi connectivity index (χ3n) is 3.56. The number of likely N-dealkylation sites (tertiary alicyclic amines) is 1. The van der Waals surface area contributed by atoms with Gasteiger partial charge in [0.1, 0.15) is 0 Å². The van der Waals surface area contributed by atoms with Crippen molar-refractivity contribution in [2.45, 2.75) is 32.1 Å². The van der Waals surface area contributed by atoms with Gasteiger partial charge in [-0.05, 0) is 45.3 Å². The lowest BCUT2D eigenvalue weighted by molar-refractivity contribution is -0.385. The van der Waals surface area contributed by atoms with Crippen LogP contribution in [0.15, 0.2) is 24.3 Å². The number of nitrogens with zero attached hydrogens (tertiary/aromatic N) is 2. The van der Waals surface area contributed by atoms with E-state index in [0.29, 0.717) is 0 Å². The van der Waals surface area contributed by atoms with Gasteiger partial charge in [-0.3, -0.25) is 10.1 Å². The van der Waals surface area contributed by atoms with Crippen LogP contribution in [0.1, 0.15) is 31.2 Å². The minimum absolute atomic E-state index is 0.260. The van der Waals surface area contributed by atoms with Crippen LogP contribution in [0.4, 0.5) is 5.69 Å². The van der Waals surface area contributed by atoms with Gasteiger partial charge in [-0.15, -0.1) is 0 Å². The van der Waals surface area contributed by atoms with E-state index in [9.17, 15) is 10.1 Å². The highest BCUT2D eigenvalue weighted by Gasteiger charge is 2.13. The van der Waals surface area contributed by atoms with Gasteiger partial charge in [0.25, 0.3) is 5.69 Å². The summed E-state index contributed by atoms with van der Waals surface area (Å²) in [6.07, 6.45) is 5.75. The molecule has 0 N–H and O–H groups in total. The van der Waals surface area contributed by atoms with Crippen molar-refractivity contribution in [2.75, 3.05) is 19.6 Å². The second-order valence-electron chi connectivity index (χ2n) is 4.89. The van der Waals surface area contributed by atoms with E-state index in [0.717, 1.165) is 24.9 Å². The van der Waals surface area contributed by atoms with Gasteiger partial charge in [0.2, 0.25) is 0 Å². The Morgan fingerprint density at radius 2 is 1.89 bits per heavy atom. The first kappa shape index (κ1) is 13.0. The summed E-state index contributed by atoms with van der Waals surface area (Å²) in [4.78, 5) is 13.1. The average molecular weight is 248 g/mol. The summed E-state index contributed by atoms with van der Waals surface area (Å²) < 4.78 is 0. The zero-order valence-corrected chi connectivity index (χ0v) is 10.7. The molecule has 4 heteroatoms. The van der Waals surface area contributed by atoms with E-state index in [1.165, 1.54) is 32.4 Å². The summed E-state index contributed by atoms with van der Waals surface area (Å²) in [5.41, 5.74) is 1.12. The van der Waals surface area contributed by atoms with E-state index in [1.807, 2.05) is 12.1 Å². The Morgan fingerprint density at radius 1 is 1.17 bits per heavy atom. The van der Waals surface area contributed by atoms with Gasteiger partial charge in [0.15, 0.2) is 0 Å². The van der Waals surface area contributed by atoms with Gasteiger partial charge in [0.05, 0.1) is 4.92 Å². The molecule has 1 aromatic carbocycles. The van der Waals surface area contributed by atoms with E-state index in [4.69, 9.17) is 0 Å². The molecule has 0 saturated carbocycles. The highest BCUT2D eigenvalue weighted by molar-refractivity contribution is 5.39. The Hall–Kier alpha value is -1.42. The van der Waals surface area contributed by atoms with Crippen LogP contribution < -0.4 is 0 Å². The van der Waals surface area contributed by atoms with Crippen molar-refractivity contribution < 1.29 is 4.92 Å². The number of hydrogen-bond donors (Lipinski definition) is 0. The Labute approximate surface area is 108 Å². The number of rotatable bonds is 5. The van der Waals surface area contributed by atoms with Crippen molar-refractivity contribution in [2.24, 2.45) is 0 Å². The van der Waals surface area contributed by atoms with Crippen molar-refractivity contribution in [3.63, 3.8) is 0 Å². The van der Waals surface area contributed by atoms with Crippen molar-refractivity contribution in [1.82, 2.24) is 4.90 Å². The Bertz CT molecular complexity index is 401. The van der Waals surface area contributed by atoms with Gasteiger partial charge in [-0.25, -0.2) is 0 Å². The lowest BCUT2D eigenvalue weighted by Gasteiger charge is -2.26. The summed E-state index contributed by atoms with van der Waals surface area (Å²) in [6.45, 7) is 3.44. The number of nitro groups is 1. The van der Waals surface area contributed by atoms with Gasteiger partial charge >= 0.3 is 0 Å². The predicted molar refractivity (Wildman–Crippen MR) is 71.7 cm³/mol.